The second-order valence-corrected chi connectivity index (χ2v) is 5.98. The summed E-state index contributed by atoms with van der Waals surface area (Å²) in [5.41, 5.74) is 2.17. The fraction of sp³-hybridized carbons (Fsp3) is 0.263. The molecule has 3 aromatic rings. The average molecular weight is 360 g/mol. The van der Waals surface area contributed by atoms with Gasteiger partial charge >= 0.3 is 0 Å². The lowest BCUT2D eigenvalue weighted by molar-refractivity contribution is 0.0952. The predicted octanol–water partition coefficient (Wildman–Crippen LogP) is 3.11. The Bertz CT molecular complexity index is 896. The van der Waals surface area contributed by atoms with Gasteiger partial charge in [-0.1, -0.05) is 12.1 Å². The molecule has 132 valence electrons. The van der Waals surface area contributed by atoms with Crippen molar-refractivity contribution < 1.29 is 9.53 Å². The van der Waals surface area contributed by atoms with Crippen LogP contribution in [0.3, 0.4) is 0 Å². The number of hydrogen-bond donors (Lipinski definition) is 1. The average Bonchev–Trinajstić information content (AvgIpc) is 2.58. The number of halogens is 1. The van der Waals surface area contributed by atoms with Crippen molar-refractivity contribution >= 4 is 40.1 Å². The van der Waals surface area contributed by atoms with Crippen LogP contribution in [0.2, 0.25) is 0 Å². The number of pyridine rings is 1. The van der Waals surface area contributed by atoms with Crippen LogP contribution in [0.15, 0.2) is 42.5 Å². The van der Waals surface area contributed by atoms with Crippen molar-refractivity contribution in [1.82, 2.24) is 15.2 Å². The number of ether oxygens (including phenoxy) is 1. The highest BCUT2D eigenvalue weighted by molar-refractivity contribution is 6.07. The lowest BCUT2D eigenvalue weighted by atomic mass is 10.1. The molecular weight excluding hydrogens is 338 g/mol. The van der Waals surface area contributed by atoms with E-state index in [0.29, 0.717) is 12.1 Å². The molecule has 6 heteroatoms. The molecule has 0 fully saturated rings. The number of carbonyl (C=O) groups is 1. The maximum Gasteiger partial charge on any atom is 0.253 e. The second-order valence-electron chi connectivity index (χ2n) is 5.98. The third-order valence-corrected chi connectivity index (χ3v) is 3.93. The summed E-state index contributed by atoms with van der Waals surface area (Å²) in [5, 5.41) is 4.88. The molecule has 5 nitrogen and oxygen atoms in total. The number of likely N-dealkylation sites (N-methyl/N-ethyl adjacent to an activating group) is 1. The quantitative estimate of drug-likeness (QED) is 0.711. The minimum Gasteiger partial charge on any atom is -0.497 e. The van der Waals surface area contributed by atoms with Gasteiger partial charge in [0.25, 0.3) is 5.91 Å². The van der Waals surface area contributed by atoms with Crippen molar-refractivity contribution in [2.45, 2.75) is 0 Å². The van der Waals surface area contributed by atoms with Crippen molar-refractivity contribution in [3.63, 3.8) is 0 Å². The summed E-state index contributed by atoms with van der Waals surface area (Å²) in [6.45, 7) is 1.40. The number of rotatable bonds is 5. The van der Waals surface area contributed by atoms with E-state index in [1.807, 2.05) is 61.5 Å². The lowest BCUT2D eigenvalue weighted by Crippen LogP contribution is -2.31. The molecule has 3 rings (SSSR count). The van der Waals surface area contributed by atoms with Crippen molar-refractivity contribution in [3.8, 4) is 5.75 Å². The standard InChI is InChI=1S/C19H21N3O2.ClH/c1-22(2)10-9-20-19(23)16-6-4-5-13-11-14-12-15(24-3)7-8-17(14)21-18(13)16;/h4-8,11-12H,9-10H2,1-3H3,(H,20,23);1H. The Balaban J connectivity index is 0.00000225. The van der Waals surface area contributed by atoms with Crippen LogP contribution in [0, 0.1) is 0 Å². The fourth-order valence-corrected chi connectivity index (χ4v) is 2.64. The van der Waals surface area contributed by atoms with E-state index in [-0.39, 0.29) is 18.3 Å². The van der Waals surface area contributed by atoms with Gasteiger partial charge in [-0.05, 0) is 44.4 Å². The van der Waals surface area contributed by atoms with Crippen LogP contribution in [-0.2, 0) is 0 Å². The molecule has 1 N–H and O–H groups in total. The largest absolute Gasteiger partial charge is 0.497 e. The Hall–Kier alpha value is -2.37. The first kappa shape index (κ1) is 19.0. The molecule has 0 unspecified atom stereocenters. The van der Waals surface area contributed by atoms with Crippen LogP contribution >= 0.6 is 12.4 Å². The molecule has 1 heterocycles. The number of benzene rings is 2. The van der Waals surface area contributed by atoms with Crippen LogP contribution in [0.5, 0.6) is 5.75 Å². The number of amides is 1. The number of nitrogens with zero attached hydrogens (tertiary/aromatic N) is 2. The zero-order valence-electron chi connectivity index (χ0n) is 14.6. The monoisotopic (exact) mass is 359 g/mol. The summed E-state index contributed by atoms with van der Waals surface area (Å²) in [4.78, 5) is 19.2. The number of aromatic nitrogens is 1. The van der Waals surface area contributed by atoms with Gasteiger partial charge in [-0.2, -0.15) is 0 Å². The molecule has 0 spiro atoms. The smallest absolute Gasteiger partial charge is 0.253 e. The summed E-state index contributed by atoms with van der Waals surface area (Å²) >= 11 is 0. The van der Waals surface area contributed by atoms with E-state index >= 15 is 0 Å². The SMILES string of the molecule is COc1ccc2nc3c(C(=O)NCCN(C)C)cccc3cc2c1.Cl. The Morgan fingerprint density at radius 1 is 1.16 bits per heavy atom. The van der Waals surface area contributed by atoms with E-state index in [1.54, 1.807) is 7.11 Å². The molecule has 0 aliphatic rings. The second kappa shape index (κ2) is 8.14. The molecule has 0 saturated carbocycles. The third kappa shape index (κ3) is 4.18. The first-order valence-electron chi connectivity index (χ1n) is 7.89. The van der Waals surface area contributed by atoms with Gasteiger partial charge < -0.3 is 15.0 Å². The van der Waals surface area contributed by atoms with Crippen molar-refractivity contribution in [2.24, 2.45) is 0 Å². The maximum atomic E-state index is 12.5. The van der Waals surface area contributed by atoms with Gasteiger partial charge in [0.15, 0.2) is 0 Å². The Labute approximate surface area is 153 Å². The van der Waals surface area contributed by atoms with E-state index < -0.39 is 0 Å². The van der Waals surface area contributed by atoms with Crippen LogP contribution in [0.4, 0.5) is 0 Å². The van der Waals surface area contributed by atoms with Crippen LogP contribution in [0.25, 0.3) is 21.8 Å². The Morgan fingerprint density at radius 2 is 1.96 bits per heavy atom. The molecule has 0 atom stereocenters. The van der Waals surface area contributed by atoms with Gasteiger partial charge in [-0.3, -0.25) is 4.79 Å². The molecule has 1 aromatic heterocycles. The fourth-order valence-electron chi connectivity index (χ4n) is 2.64. The van der Waals surface area contributed by atoms with Gasteiger partial charge in [0.2, 0.25) is 0 Å². The number of methoxy groups -OCH3 is 1. The van der Waals surface area contributed by atoms with E-state index in [2.05, 4.69) is 5.32 Å². The molecule has 0 bridgehead atoms. The highest BCUT2D eigenvalue weighted by Crippen LogP contribution is 2.25. The normalized spacial score (nSPS) is 10.7. The van der Waals surface area contributed by atoms with Crippen LogP contribution in [0.1, 0.15) is 10.4 Å². The highest BCUT2D eigenvalue weighted by Gasteiger charge is 2.12. The predicted molar refractivity (Wildman–Crippen MR) is 104 cm³/mol. The number of para-hydroxylation sites is 1. The molecule has 0 aliphatic carbocycles. The van der Waals surface area contributed by atoms with Crippen molar-refractivity contribution in [3.05, 3.63) is 48.0 Å². The van der Waals surface area contributed by atoms with Gasteiger partial charge in [-0.25, -0.2) is 4.98 Å². The first-order valence-corrected chi connectivity index (χ1v) is 7.89. The number of fused-ring (bicyclic) bond motifs is 2. The third-order valence-electron chi connectivity index (χ3n) is 3.93. The van der Waals surface area contributed by atoms with Gasteiger partial charge in [0.1, 0.15) is 5.75 Å². The molecular formula is C19H22ClN3O2. The van der Waals surface area contributed by atoms with Crippen LogP contribution in [-0.4, -0.2) is 50.1 Å². The van der Waals surface area contributed by atoms with Gasteiger partial charge in [0, 0.05) is 23.9 Å². The van der Waals surface area contributed by atoms with E-state index in [0.717, 1.165) is 34.1 Å². The van der Waals surface area contributed by atoms with Crippen molar-refractivity contribution in [2.75, 3.05) is 34.3 Å². The summed E-state index contributed by atoms with van der Waals surface area (Å²) < 4.78 is 5.26. The summed E-state index contributed by atoms with van der Waals surface area (Å²) in [6, 6.07) is 13.4. The van der Waals surface area contributed by atoms with Gasteiger partial charge in [-0.15, -0.1) is 12.4 Å². The lowest BCUT2D eigenvalue weighted by Gasteiger charge is -2.12. The topological polar surface area (TPSA) is 54.5 Å². The number of nitrogens with one attached hydrogen (secondary N) is 1. The molecule has 0 aliphatic heterocycles. The zero-order chi connectivity index (χ0) is 17.1. The minimum atomic E-state index is -0.0946. The van der Waals surface area contributed by atoms with Crippen molar-refractivity contribution in [1.29, 1.82) is 0 Å². The maximum absolute atomic E-state index is 12.5. The van der Waals surface area contributed by atoms with E-state index in [4.69, 9.17) is 9.72 Å². The van der Waals surface area contributed by atoms with Gasteiger partial charge in [0.05, 0.1) is 23.7 Å². The molecule has 2 aromatic carbocycles. The summed E-state index contributed by atoms with van der Waals surface area (Å²) in [6.07, 6.45) is 0. The van der Waals surface area contributed by atoms with E-state index in [9.17, 15) is 4.79 Å². The Morgan fingerprint density at radius 3 is 2.68 bits per heavy atom. The molecule has 0 saturated heterocycles. The summed E-state index contributed by atoms with van der Waals surface area (Å²) in [5.74, 6) is 0.698. The molecule has 25 heavy (non-hydrogen) atoms. The molecule has 1 amide bonds. The Kier molecular flexibility index (Phi) is 6.17. The highest BCUT2D eigenvalue weighted by atomic mass is 35.5. The first-order chi connectivity index (χ1) is 11.6. The zero-order valence-corrected chi connectivity index (χ0v) is 15.4. The van der Waals surface area contributed by atoms with E-state index in [1.165, 1.54) is 0 Å². The minimum absolute atomic E-state index is 0. The molecule has 0 radical (unpaired) electrons. The summed E-state index contributed by atoms with van der Waals surface area (Å²) in [7, 11) is 5.60. The van der Waals surface area contributed by atoms with Crippen LogP contribution < -0.4 is 10.1 Å². The number of carbonyl (C=O) groups excluding carboxylic acids is 1. The number of hydrogen-bond acceptors (Lipinski definition) is 4.